The second-order valence-electron chi connectivity index (χ2n) is 3.52. The minimum atomic E-state index is -1.53. The van der Waals surface area contributed by atoms with E-state index in [1.54, 1.807) is 6.08 Å². The van der Waals surface area contributed by atoms with E-state index in [0.717, 1.165) is 6.08 Å². The molecule has 0 aromatic heterocycles. The Morgan fingerprint density at radius 2 is 1.93 bits per heavy atom. The number of likely N-dealkylation sites (tertiary alicyclic amines) is 1. The lowest BCUT2D eigenvalue weighted by Crippen LogP contribution is -2.44. The van der Waals surface area contributed by atoms with Gasteiger partial charge >= 0.3 is 5.97 Å². The van der Waals surface area contributed by atoms with Crippen LogP contribution in [0.25, 0.3) is 0 Å². The van der Waals surface area contributed by atoms with Gasteiger partial charge in [-0.25, -0.2) is 4.79 Å². The second kappa shape index (κ2) is 4.54. The first-order chi connectivity index (χ1) is 6.49. The minimum absolute atomic E-state index is 0.313. The predicted molar refractivity (Wildman–Crippen MR) is 49.6 cm³/mol. The van der Waals surface area contributed by atoms with Crippen LogP contribution in [0.5, 0.6) is 0 Å². The van der Waals surface area contributed by atoms with Gasteiger partial charge in [0, 0.05) is 38.6 Å². The summed E-state index contributed by atoms with van der Waals surface area (Å²) >= 11 is 0. The molecule has 0 amide bonds. The summed E-state index contributed by atoms with van der Waals surface area (Å²) in [4.78, 5) is 12.1. The van der Waals surface area contributed by atoms with E-state index in [1.165, 1.54) is 0 Å². The van der Waals surface area contributed by atoms with E-state index in [2.05, 4.69) is 0 Å². The Bertz CT molecular complexity index is 227. The molecule has 80 valence electrons. The third-order valence-corrected chi connectivity index (χ3v) is 2.28. The molecule has 5 heteroatoms. The van der Waals surface area contributed by atoms with Crippen molar-refractivity contribution in [2.24, 2.45) is 0 Å². The predicted octanol–water partition coefficient (Wildman–Crippen LogP) is -0.596. The highest BCUT2D eigenvalue weighted by Gasteiger charge is 2.28. The molecule has 0 aromatic carbocycles. The summed E-state index contributed by atoms with van der Waals surface area (Å²) < 4.78 is 0. The first-order valence-electron chi connectivity index (χ1n) is 4.56. The van der Waals surface area contributed by atoms with Crippen molar-refractivity contribution in [3.05, 3.63) is 12.2 Å². The molecule has 3 N–H and O–H groups in total. The fraction of sp³-hybridized carbons (Fsp3) is 0.667. The molecule has 1 aliphatic heterocycles. The van der Waals surface area contributed by atoms with E-state index in [9.17, 15) is 15.0 Å². The van der Waals surface area contributed by atoms with Crippen LogP contribution in [0.4, 0.5) is 0 Å². The smallest absolute Gasteiger partial charge is 0.328 e. The fourth-order valence-electron chi connectivity index (χ4n) is 1.40. The Kier molecular flexibility index (Phi) is 3.62. The van der Waals surface area contributed by atoms with E-state index in [0.29, 0.717) is 32.5 Å². The Balaban J connectivity index is 2.26. The van der Waals surface area contributed by atoms with Gasteiger partial charge in [-0.1, -0.05) is 6.08 Å². The number of aliphatic carboxylic acids is 1. The standard InChI is InChI=1S/C9H15NO4/c11-8(12)2-1-5-10-6-3-9(13,14)4-7-10/h1-2,13-14H,3-7H2,(H,11,12)/b2-1+. The topological polar surface area (TPSA) is 81.0 Å². The van der Waals surface area contributed by atoms with Gasteiger partial charge in [0.05, 0.1) is 0 Å². The molecule has 1 rings (SSSR count). The summed E-state index contributed by atoms with van der Waals surface area (Å²) in [6.07, 6.45) is 3.28. The van der Waals surface area contributed by atoms with Crippen LogP contribution in [0.15, 0.2) is 12.2 Å². The molecule has 1 aliphatic rings. The van der Waals surface area contributed by atoms with Crippen LogP contribution in [0.1, 0.15) is 12.8 Å². The average molecular weight is 201 g/mol. The largest absolute Gasteiger partial charge is 0.478 e. The van der Waals surface area contributed by atoms with E-state index >= 15 is 0 Å². The van der Waals surface area contributed by atoms with Gasteiger partial charge in [-0.15, -0.1) is 0 Å². The van der Waals surface area contributed by atoms with Gasteiger partial charge in [0.1, 0.15) is 0 Å². The molecule has 1 fully saturated rings. The van der Waals surface area contributed by atoms with Crippen molar-refractivity contribution >= 4 is 5.97 Å². The van der Waals surface area contributed by atoms with E-state index < -0.39 is 11.8 Å². The van der Waals surface area contributed by atoms with Crippen LogP contribution in [0, 0.1) is 0 Å². The molecule has 1 saturated heterocycles. The summed E-state index contributed by atoms with van der Waals surface area (Å²) in [5, 5.41) is 26.8. The molecule has 0 spiro atoms. The van der Waals surface area contributed by atoms with Crippen molar-refractivity contribution in [2.45, 2.75) is 18.6 Å². The monoisotopic (exact) mass is 201 g/mol. The molecule has 0 atom stereocenters. The average Bonchev–Trinajstić information content (AvgIpc) is 2.07. The Morgan fingerprint density at radius 1 is 1.36 bits per heavy atom. The van der Waals surface area contributed by atoms with Gasteiger partial charge in [-0.3, -0.25) is 4.90 Å². The van der Waals surface area contributed by atoms with E-state index in [1.807, 2.05) is 4.90 Å². The zero-order valence-electron chi connectivity index (χ0n) is 7.89. The van der Waals surface area contributed by atoms with Crippen LogP contribution >= 0.6 is 0 Å². The zero-order valence-corrected chi connectivity index (χ0v) is 7.89. The van der Waals surface area contributed by atoms with Crippen LogP contribution < -0.4 is 0 Å². The molecule has 0 radical (unpaired) electrons. The van der Waals surface area contributed by atoms with Gasteiger partial charge in [0.25, 0.3) is 0 Å². The third kappa shape index (κ3) is 3.87. The highest BCUT2D eigenvalue weighted by atomic mass is 16.5. The van der Waals surface area contributed by atoms with Gasteiger partial charge in [-0.2, -0.15) is 0 Å². The quantitative estimate of drug-likeness (QED) is 0.420. The number of rotatable bonds is 3. The maximum absolute atomic E-state index is 10.2. The minimum Gasteiger partial charge on any atom is -0.478 e. The van der Waals surface area contributed by atoms with Crippen molar-refractivity contribution in [2.75, 3.05) is 19.6 Å². The SMILES string of the molecule is O=C(O)/C=C/CN1CCC(O)(O)CC1. The lowest BCUT2D eigenvalue weighted by atomic mass is 10.0. The first kappa shape index (κ1) is 11.2. The van der Waals surface area contributed by atoms with Crippen molar-refractivity contribution in [1.82, 2.24) is 4.90 Å². The van der Waals surface area contributed by atoms with Crippen molar-refractivity contribution in [3.8, 4) is 0 Å². The highest BCUT2D eigenvalue weighted by molar-refractivity contribution is 5.79. The number of nitrogens with zero attached hydrogens (tertiary/aromatic N) is 1. The van der Waals surface area contributed by atoms with Crippen LogP contribution in [-0.4, -0.2) is 51.6 Å². The Morgan fingerprint density at radius 3 is 2.43 bits per heavy atom. The summed E-state index contributed by atoms with van der Waals surface area (Å²) in [6, 6.07) is 0. The van der Waals surface area contributed by atoms with E-state index in [4.69, 9.17) is 5.11 Å². The van der Waals surface area contributed by atoms with Crippen molar-refractivity contribution < 1.29 is 20.1 Å². The number of hydrogen-bond acceptors (Lipinski definition) is 4. The number of hydrogen-bond donors (Lipinski definition) is 3. The lowest BCUT2D eigenvalue weighted by Gasteiger charge is -2.33. The molecule has 14 heavy (non-hydrogen) atoms. The molecule has 0 saturated carbocycles. The zero-order chi connectivity index (χ0) is 10.6. The molecule has 0 aromatic rings. The van der Waals surface area contributed by atoms with Gasteiger partial charge in [-0.05, 0) is 0 Å². The number of piperidine rings is 1. The van der Waals surface area contributed by atoms with E-state index in [-0.39, 0.29) is 0 Å². The summed E-state index contributed by atoms with van der Waals surface area (Å²) in [6.45, 7) is 1.70. The number of aliphatic hydroxyl groups is 2. The number of carbonyl (C=O) groups is 1. The molecule has 0 bridgehead atoms. The Labute approximate surface area is 82.3 Å². The molecule has 5 nitrogen and oxygen atoms in total. The molecular formula is C9H15NO4. The second-order valence-corrected chi connectivity index (χ2v) is 3.52. The van der Waals surface area contributed by atoms with Crippen molar-refractivity contribution in [1.29, 1.82) is 0 Å². The van der Waals surface area contributed by atoms with Crippen LogP contribution in [0.2, 0.25) is 0 Å². The van der Waals surface area contributed by atoms with Gasteiger partial charge in [0.2, 0.25) is 0 Å². The van der Waals surface area contributed by atoms with Crippen LogP contribution in [0.3, 0.4) is 0 Å². The molecule has 1 heterocycles. The highest BCUT2D eigenvalue weighted by Crippen LogP contribution is 2.18. The lowest BCUT2D eigenvalue weighted by molar-refractivity contribution is -0.188. The maximum Gasteiger partial charge on any atom is 0.328 e. The Hall–Kier alpha value is -0.910. The number of carboxylic acids is 1. The fourth-order valence-corrected chi connectivity index (χ4v) is 1.40. The summed E-state index contributed by atoms with van der Waals surface area (Å²) in [5.74, 6) is -2.49. The van der Waals surface area contributed by atoms with Gasteiger partial charge in [0.15, 0.2) is 5.79 Å². The summed E-state index contributed by atoms with van der Waals surface area (Å²) in [5.41, 5.74) is 0. The summed E-state index contributed by atoms with van der Waals surface area (Å²) in [7, 11) is 0. The molecular weight excluding hydrogens is 186 g/mol. The molecule has 0 aliphatic carbocycles. The van der Waals surface area contributed by atoms with Gasteiger partial charge < -0.3 is 15.3 Å². The number of carboxylic acid groups (broad SMARTS) is 1. The molecule has 0 unspecified atom stereocenters. The van der Waals surface area contributed by atoms with Crippen molar-refractivity contribution in [3.63, 3.8) is 0 Å². The third-order valence-electron chi connectivity index (χ3n) is 2.28. The maximum atomic E-state index is 10.2. The van der Waals surface area contributed by atoms with Crippen LogP contribution in [-0.2, 0) is 4.79 Å². The normalized spacial score (nSPS) is 22.7. The first-order valence-corrected chi connectivity index (χ1v) is 4.56.